The number of nitrogens with zero attached hydrogens (tertiary/aromatic N) is 8. The van der Waals surface area contributed by atoms with Crippen LogP contribution >= 0.6 is 0 Å². The number of anilines is 1. The highest BCUT2D eigenvalue weighted by Gasteiger charge is 2.21. The number of piperazine rings is 1. The summed E-state index contributed by atoms with van der Waals surface area (Å²) in [5, 5.41) is 12.1. The van der Waals surface area contributed by atoms with Gasteiger partial charge in [-0.25, -0.2) is 9.83 Å². The summed E-state index contributed by atoms with van der Waals surface area (Å²) in [6, 6.07) is 3.74. The van der Waals surface area contributed by atoms with Gasteiger partial charge in [0.2, 0.25) is 5.65 Å². The van der Waals surface area contributed by atoms with Crippen molar-refractivity contribution in [3.63, 3.8) is 0 Å². The van der Waals surface area contributed by atoms with E-state index in [-0.39, 0.29) is 0 Å². The van der Waals surface area contributed by atoms with E-state index in [1.807, 2.05) is 19.1 Å². The Morgan fingerprint density at radius 3 is 2.70 bits per heavy atom. The van der Waals surface area contributed by atoms with Crippen molar-refractivity contribution in [2.75, 3.05) is 38.1 Å². The van der Waals surface area contributed by atoms with Crippen molar-refractivity contribution >= 4 is 28.2 Å². The van der Waals surface area contributed by atoms with Crippen LogP contribution in [0.1, 0.15) is 5.56 Å². The maximum atomic E-state index is 7.30. The largest absolute Gasteiger partial charge is 0.351 e. The van der Waals surface area contributed by atoms with E-state index in [0.29, 0.717) is 11.3 Å². The van der Waals surface area contributed by atoms with E-state index in [1.54, 1.807) is 4.52 Å². The van der Waals surface area contributed by atoms with Gasteiger partial charge in [-0.15, -0.1) is 5.10 Å². The van der Waals surface area contributed by atoms with Gasteiger partial charge in [-0.3, -0.25) is 0 Å². The molecule has 0 atom stereocenters. The van der Waals surface area contributed by atoms with E-state index < -0.39 is 0 Å². The lowest BCUT2D eigenvalue weighted by Gasteiger charge is -2.33. The van der Waals surface area contributed by atoms with Crippen molar-refractivity contribution in [3.05, 3.63) is 29.1 Å². The van der Waals surface area contributed by atoms with E-state index in [1.165, 1.54) is 0 Å². The van der Waals surface area contributed by atoms with Crippen LogP contribution in [0, 0.1) is 13.5 Å². The molecule has 3 aromatic rings. The summed E-state index contributed by atoms with van der Waals surface area (Å²) in [6.07, 6.45) is 0. The zero-order valence-corrected chi connectivity index (χ0v) is 13.1. The number of hydrogen-bond donors (Lipinski definition) is 0. The average molecular weight is 308 g/mol. The predicted molar refractivity (Wildman–Crippen MR) is 86.8 cm³/mol. The van der Waals surface area contributed by atoms with Crippen LogP contribution in [0.3, 0.4) is 0 Å². The Morgan fingerprint density at radius 2 is 1.96 bits per heavy atom. The minimum atomic E-state index is 0.613. The zero-order valence-electron chi connectivity index (χ0n) is 13.1. The molecule has 8 heteroatoms. The second-order valence-corrected chi connectivity index (χ2v) is 5.88. The fraction of sp³-hybridized carbons (Fsp3) is 0.400. The number of rotatable bonds is 1. The van der Waals surface area contributed by atoms with Gasteiger partial charge in [-0.05, 0) is 42.1 Å². The van der Waals surface area contributed by atoms with Gasteiger partial charge in [0, 0.05) is 26.2 Å². The fourth-order valence-corrected chi connectivity index (χ4v) is 2.93. The summed E-state index contributed by atoms with van der Waals surface area (Å²) in [6.45, 7) is 13.0. The summed E-state index contributed by atoms with van der Waals surface area (Å²) < 4.78 is 1.72. The van der Waals surface area contributed by atoms with Gasteiger partial charge in [0.25, 0.3) is 0 Å². The summed E-state index contributed by atoms with van der Waals surface area (Å²) in [7, 11) is 2.12. The van der Waals surface area contributed by atoms with Crippen molar-refractivity contribution in [1.29, 1.82) is 0 Å². The summed E-state index contributed by atoms with van der Waals surface area (Å²) in [4.78, 5) is 12.8. The molecule has 4 rings (SSSR count). The monoisotopic (exact) mass is 308 g/mol. The third-order valence-electron chi connectivity index (χ3n) is 4.34. The Hall–Kier alpha value is -2.79. The van der Waals surface area contributed by atoms with Crippen LogP contribution in [-0.4, -0.2) is 63.2 Å². The van der Waals surface area contributed by atoms with Gasteiger partial charge in [0.05, 0.1) is 17.6 Å². The first-order valence-corrected chi connectivity index (χ1v) is 7.51. The van der Waals surface area contributed by atoms with Crippen LogP contribution in [0.4, 0.5) is 11.5 Å². The van der Waals surface area contributed by atoms with Crippen LogP contribution in [0.5, 0.6) is 0 Å². The Bertz CT molecular complexity index is 930. The minimum absolute atomic E-state index is 0.613. The van der Waals surface area contributed by atoms with Gasteiger partial charge in [0.1, 0.15) is 0 Å². The van der Waals surface area contributed by atoms with Crippen LogP contribution in [-0.2, 0) is 0 Å². The van der Waals surface area contributed by atoms with Crippen LogP contribution in [0.2, 0.25) is 0 Å². The maximum Gasteiger partial charge on any atom is 0.222 e. The topological polar surface area (TPSA) is 66.8 Å². The number of hydrogen-bond acceptors (Lipinski definition) is 6. The molecule has 1 saturated heterocycles. The molecule has 0 aliphatic carbocycles. The third kappa shape index (κ3) is 2.17. The number of aryl methyl sites for hydroxylation is 1. The molecule has 0 saturated carbocycles. The van der Waals surface area contributed by atoms with Gasteiger partial charge in [-0.2, -0.15) is 4.52 Å². The Balaban J connectivity index is 1.94. The molecule has 1 aliphatic rings. The lowest BCUT2D eigenvalue weighted by Crippen LogP contribution is -2.45. The normalized spacial score (nSPS) is 16.1. The highest BCUT2D eigenvalue weighted by Crippen LogP contribution is 2.28. The molecule has 0 unspecified atom stereocenters. The Labute approximate surface area is 133 Å². The molecule has 116 valence electrons. The van der Waals surface area contributed by atoms with Gasteiger partial charge in [-0.1, -0.05) is 0 Å². The van der Waals surface area contributed by atoms with Crippen LogP contribution < -0.4 is 4.90 Å². The smallest absolute Gasteiger partial charge is 0.222 e. The molecular weight excluding hydrogens is 292 g/mol. The molecule has 0 radical (unpaired) electrons. The average Bonchev–Trinajstić information content (AvgIpc) is 3.04. The standard InChI is InChI=1S/C15H16N8/c1-10-8-13-12(9-11(10)16-2)17-14(15-18-19-20-23(13)15)22-6-4-21(3)5-7-22/h8-9H,4-7H2,1,3H3. The van der Waals surface area contributed by atoms with Crippen LogP contribution in [0.25, 0.3) is 21.5 Å². The number of tetrazole rings is 1. The second kappa shape index (κ2) is 5.14. The molecular formula is C15H16N8. The molecule has 1 fully saturated rings. The van der Waals surface area contributed by atoms with Gasteiger partial charge < -0.3 is 9.80 Å². The Kier molecular flexibility index (Phi) is 3.09. The van der Waals surface area contributed by atoms with Crippen LogP contribution in [0.15, 0.2) is 12.1 Å². The molecule has 1 aliphatic heterocycles. The van der Waals surface area contributed by atoms with Gasteiger partial charge in [0.15, 0.2) is 11.5 Å². The summed E-state index contributed by atoms with van der Waals surface area (Å²) >= 11 is 0. The SMILES string of the molecule is [C-]#[N+]c1cc2nc(N3CCN(C)CC3)c3nnnn3c2cc1C. The van der Waals surface area contributed by atoms with Crippen molar-refractivity contribution in [2.45, 2.75) is 6.92 Å². The molecule has 0 spiro atoms. The third-order valence-corrected chi connectivity index (χ3v) is 4.34. The van der Waals surface area contributed by atoms with Crippen molar-refractivity contribution in [1.82, 2.24) is 29.9 Å². The lowest BCUT2D eigenvalue weighted by atomic mass is 10.1. The first kappa shape index (κ1) is 13.8. The fourth-order valence-electron chi connectivity index (χ4n) is 2.93. The molecule has 0 amide bonds. The molecule has 8 nitrogen and oxygen atoms in total. The predicted octanol–water partition coefficient (Wildman–Crippen LogP) is 1.28. The number of aromatic nitrogens is 5. The van der Waals surface area contributed by atoms with E-state index in [4.69, 9.17) is 11.6 Å². The lowest BCUT2D eigenvalue weighted by molar-refractivity contribution is 0.312. The number of fused-ring (bicyclic) bond motifs is 3. The van der Waals surface area contributed by atoms with Gasteiger partial charge >= 0.3 is 0 Å². The molecule has 0 bridgehead atoms. The quantitative estimate of drug-likeness (QED) is 0.631. The molecule has 23 heavy (non-hydrogen) atoms. The summed E-state index contributed by atoms with van der Waals surface area (Å²) in [5.74, 6) is 0.787. The second-order valence-electron chi connectivity index (χ2n) is 5.88. The molecule has 3 heterocycles. The first-order valence-electron chi connectivity index (χ1n) is 7.51. The molecule has 0 N–H and O–H groups in total. The highest BCUT2D eigenvalue weighted by atomic mass is 15.5. The van der Waals surface area contributed by atoms with Crippen molar-refractivity contribution in [3.8, 4) is 0 Å². The molecule has 1 aromatic carbocycles. The van der Waals surface area contributed by atoms with Crippen molar-refractivity contribution in [2.24, 2.45) is 0 Å². The molecule has 2 aromatic heterocycles. The van der Waals surface area contributed by atoms with E-state index in [9.17, 15) is 0 Å². The van der Waals surface area contributed by atoms with Crippen molar-refractivity contribution < 1.29 is 0 Å². The Morgan fingerprint density at radius 1 is 1.17 bits per heavy atom. The highest BCUT2D eigenvalue weighted by molar-refractivity contribution is 5.86. The van der Waals surface area contributed by atoms with E-state index in [2.05, 4.69) is 37.2 Å². The maximum absolute atomic E-state index is 7.30. The van der Waals surface area contributed by atoms with E-state index >= 15 is 0 Å². The summed E-state index contributed by atoms with van der Waals surface area (Å²) in [5.41, 5.74) is 3.75. The number of likely N-dealkylation sites (N-methyl/N-ethyl adjacent to an activating group) is 1. The zero-order chi connectivity index (χ0) is 16.0. The number of benzene rings is 1. The first-order chi connectivity index (χ1) is 11.2. The minimum Gasteiger partial charge on any atom is -0.351 e. The van der Waals surface area contributed by atoms with E-state index in [0.717, 1.165) is 48.6 Å².